The fourth-order valence-electron chi connectivity index (χ4n) is 3.51. The smallest absolute Gasteiger partial charge is 0.264 e. The Labute approximate surface area is 168 Å². The largest absolute Gasteiger partial charge is 0.399 e. The van der Waals surface area contributed by atoms with E-state index < -0.39 is 10.0 Å². The van der Waals surface area contributed by atoms with Crippen molar-refractivity contribution >= 4 is 38.0 Å². The Hall–Kier alpha value is -3.04. The normalized spacial score (nSPS) is 14.9. The molecule has 0 radical (unpaired) electrons. The summed E-state index contributed by atoms with van der Waals surface area (Å²) in [5.41, 5.74) is 8.47. The van der Waals surface area contributed by atoms with Crippen molar-refractivity contribution in [2.24, 2.45) is 0 Å². The van der Waals surface area contributed by atoms with E-state index in [0.29, 0.717) is 48.9 Å². The number of morpholine rings is 1. The number of ether oxygens (including phenoxy) is 1. The molecule has 2 aromatic carbocycles. The third-order valence-electron chi connectivity index (χ3n) is 4.93. The Balaban J connectivity index is 1.73. The van der Waals surface area contributed by atoms with E-state index in [-0.39, 0.29) is 10.5 Å². The highest BCUT2D eigenvalue weighted by Gasteiger charge is 2.24. The summed E-state index contributed by atoms with van der Waals surface area (Å²) in [6.45, 7) is 4.10. The Morgan fingerprint density at radius 1 is 1.10 bits per heavy atom. The highest BCUT2D eigenvalue weighted by molar-refractivity contribution is 7.92. The minimum atomic E-state index is -3.89. The summed E-state index contributed by atoms with van der Waals surface area (Å²) in [5, 5.41) is 0.769. The van der Waals surface area contributed by atoms with Crippen molar-refractivity contribution < 1.29 is 13.2 Å². The summed E-state index contributed by atoms with van der Waals surface area (Å²) in [6, 6.07) is 11.4. The average molecular weight is 414 g/mol. The minimum Gasteiger partial charge on any atom is -0.399 e. The van der Waals surface area contributed by atoms with Crippen LogP contribution >= 0.6 is 0 Å². The number of hydrogen-bond donors (Lipinski definition) is 3. The lowest BCUT2D eigenvalue weighted by molar-refractivity contribution is 0.122. The number of fused-ring (bicyclic) bond motifs is 1. The molecule has 152 valence electrons. The molecule has 0 spiro atoms. The summed E-state index contributed by atoms with van der Waals surface area (Å²) < 4.78 is 34.4. The molecule has 3 aromatic rings. The quantitative estimate of drug-likeness (QED) is 0.563. The predicted octanol–water partition coefficient (Wildman–Crippen LogP) is 2.06. The molecule has 0 amide bonds. The molecule has 1 saturated heterocycles. The molecular formula is C20H22N4O4S. The molecule has 0 atom stereocenters. The highest BCUT2D eigenvalue weighted by Crippen LogP contribution is 2.30. The molecule has 0 saturated carbocycles. The van der Waals surface area contributed by atoms with Gasteiger partial charge in [-0.15, -0.1) is 0 Å². The summed E-state index contributed by atoms with van der Waals surface area (Å²) in [4.78, 5) is 16.5. The summed E-state index contributed by atoms with van der Waals surface area (Å²) >= 11 is 0. The van der Waals surface area contributed by atoms with Crippen molar-refractivity contribution in [3.8, 4) is 0 Å². The fourth-order valence-corrected chi connectivity index (χ4v) is 4.82. The van der Waals surface area contributed by atoms with Crippen LogP contribution in [0.1, 0.15) is 5.56 Å². The van der Waals surface area contributed by atoms with Gasteiger partial charge in [0.2, 0.25) is 5.56 Å². The topological polar surface area (TPSA) is 118 Å². The van der Waals surface area contributed by atoms with Crippen LogP contribution in [-0.2, 0) is 14.8 Å². The van der Waals surface area contributed by atoms with E-state index in [1.807, 2.05) is 11.8 Å². The van der Waals surface area contributed by atoms with Crippen molar-refractivity contribution in [2.75, 3.05) is 41.7 Å². The summed E-state index contributed by atoms with van der Waals surface area (Å²) in [7, 11) is -3.89. The van der Waals surface area contributed by atoms with E-state index in [2.05, 4.69) is 9.71 Å². The van der Waals surface area contributed by atoms with Crippen molar-refractivity contribution in [2.45, 2.75) is 11.8 Å². The number of nitrogen functional groups attached to an aromatic ring is 1. The number of nitrogens with two attached hydrogens (primary N) is 1. The molecule has 1 fully saturated rings. The van der Waals surface area contributed by atoms with Crippen LogP contribution < -0.4 is 20.9 Å². The van der Waals surface area contributed by atoms with E-state index in [1.165, 1.54) is 12.1 Å². The van der Waals surface area contributed by atoms with Crippen LogP contribution in [0.3, 0.4) is 0 Å². The lowest BCUT2D eigenvalue weighted by Gasteiger charge is -2.30. The lowest BCUT2D eigenvalue weighted by Crippen LogP contribution is -2.37. The van der Waals surface area contributed by atoms with Gasteiger partial charge in [0.05, 0.1) is 18.9 Å². The van der Waals surface area contributed by atoms with Crippen LogP contribution in [-0.4, -0.2) is 39.7 Å². The van der Waals surface area contributed by atoms with Crippen LogP contribution in [0.5, 0.6) is 0 Å². The average Bonchev–Trinajstić information content (AvgIpc) is 2.69. The van der Waals surface area contributed by atoms with E-state index in [4.69, 9.17) is 10.5 Å². The van der Waals surface area contributed by atoms with Gasteiger partial charge in [0, 0.05) is 41.4 Å². The number of nitrogens with one attached hydrogen (secondary N) is 2. The second-order valence-electron chi connectivity index (χ2n) is 7.01. The first-order valence-electron chi connectivity index (χ1n) is 9.22. The van der Waals surface area contributed by atoms with Gasteiger partial charge in [-0.1, -0.05) is 0 Å². The van der Waals surface area contributed by atoms with Gasteiger partial charge in [-0.2, -0.15) is 0 Å². The number of aromatic amines is 1. The molecular weight excluding hydrogens is 392 g/mol. The molecule has 0 bridgehead atoms. The molecule has 4 rings (SSSR count). The first-order chi connectivity index (χ1) is 13.8. The first-order valence-corrected chi connectivity index (χ1v) is 10.7. The van der Waals surface area contributed by atoms with Crippen LogP contribution in [0.2, 0.25) is 0 Å². The predicted molar refractivity (Wildman–Crippen MR) is 114 cm³/mol. The lowest BCUT2D eigenvalue weighted by atomic mass is 10.1. The monoisotopic (exact) mass is 414 g/mol. The number of aromatic nitrogens is 1. The van der Waals surface area contributed by atoms with Gasteiger partial charge in [0.25, 0.3) is 10.0 Å². The van der Waals surface area contributed by atoms with Gasteiger partial charge in [-0.05, 0) is 48.9 Å². The van der Waals surface area contributed by atoms with Gasteiger partial charge in [0.15, 0.2) is 0 Å². The zero-order chi connectivity index (χ0) is 20.6. The Morgan fingerprint density at radius 2 is 1.86 bits per heavy atom. The van der Waals surface area contributed by atoms with Gasteiger partial charge >= 0.3 is 0 Å². The maximum absolute atomic E-state index is 13.2. The molecule has 9 heteroatoms. The first kappa shape index (κ1) is 19.3. The van der Waals surface area contributed by atoms with Crippen molar-refractivity contribution in [1.82, 2.24) is 4.98 Å². The number of pyridine rings is 1. The van der Waals surface area contributed by atoms with Crippen LogP contribution in [0.4, 0.5) is 17.1 Å². The van der Waals surface area contributed by atoms with E-state index in [1.54, 1.807) is 30.3 Å². The van der Waals surface area contributed by atoms with Gasteiger partial charge in [-0.3, -0.25) is 9.52 Å². The zero-order valence-corrected chi connectivity index (χ0v) is 16.8. The molecule has 1 aliphatic heterocycles. The molecule has 0 unspecified atom stereocenters. The van der Waals surface area contributed by atoms with Gasteiger partial charge in [-0.25, -0.2) is 8.42 Å². The SMILES string of the molecule is Cc1cc(=O)[nH]c2ccc(NS(=O)(=O)c3cc(N)ccc3N3CCOCC3)cc12. The third-order valence-corrected chi connectivity index (χ3v) is 6.34. The minimum absolute atomic E-state index is 0.123. The van der Waals surface area contributed by atoms with Crippen LogP contribution in [0.15, 0.2) is 52.2 Å². The highest BCUT2D eigenvalue weighted by atomic mass is 32.2. The Kier molecular flexibility index (Phi) is 4.93. The maximum Gasteiger partial charge on any atom is 0.264 e. The fraction of sp³-hybridized carbons (Fsp3) is 0.250. The third kappa shape index (κ3) is 3.92. The van der Waals surface area contributed by atoms with E-state index in [0.717, 1.165) is 10.9 Å². The molecule has 29 heavy (non-hydrogen) atoms. The molecule has 4 N–H and O–H groups in total. The molecule has 1 aliphatic rings. The number of rotatable bonds is 4. The Morgan fingerprint density at radius 3 is 2.62 bits per heavy atom. The number of H-pyrrole nitrogens is 1. The summed E-state index contributed by atoms with van der Waals surface area (Å²) in [6.07, 6.45) is 0. The van der Waals surface area contributed by atoms with E-state index in [9.17, 15) is 13.2 Å². The maximum atomic E-state index is 13.2. The number of sulfonamides is 1. The second kappa shape index (κ2) is 7.41. The molecule has 1 aromatic heterocycles. The number of benzene rings is 2. The van der Waals surface area contributed by atoms with E-state index >= 15 is 0 Å². The number of nitrogens with zero attached hydrogens (tertiary/aromatic N) is 1. The molecule has 2 heterocycles. The number of hydrogen-bond acceptors (Lipinski definition) is 6. The van der Waals surface area contributed by atoms with Gasteiger partial charge < -0.3 is 20.4 Å². The Bertz CT molecular complexity index is 1230. The molecule has 8 nitrogen and oxygen atoms in total. The summed E-state index contributed by atoms with van der Waals surface area (Å²) in [5.74, 6) is 0. The van der Waals surface area contributed by atoms with Crippen LogP contribution in [0, 0.1) is 6.92 Å². The number of aryl methyl sites for hydroxylation is 1. The standard InChI is InChI=1S/C20H22N4O4S/c1-13-10-20(25)22-17-4-3-15(12-16(13)17)23-29(26,27)19-11-14(21)2-5-18(19)24-6-8-28-9-7-24/h2-5,10-12,23H,6-9,21H2,1H3,(H,22,25). The van der Waals surface area contributed by atoms with Crippen molar-refractivity contribution in [3.63, 3.8) is 0 Å². The second-order valence-corrected chi connectivity index (χ2v) is 8.66. The molecule has 0 aliphatic carbocycles. The number of anilines is 3. The zero-order valence-electron chi connectivity index (χ0n) is 15.9. The van der Waals surface area contributed by atoms with Crippen molar-refractivity contribution in [3.05, 3.63) is 58.4 Å². The van der Waals surface area contributed by atoms with Crippen LogP contribution in [0.25, 0.3) is 10.9 Å². The van der Waals surface area contributed by atoms with Gasteiger partial charge in [0.1, 0.15) is 4.90 Å². The van der Waals surface area contributed by atoms with Crippen molar-refractivity contribution in [1.29, 1.82) is 0 Å².